The Morgan fingerprint density at radius 3 is 2.47 bits per heavy atom. The molecule has 2 N–H and O–H groups in total. The number of hydrazine groups is 1. The molecule has 3 saturated heterocycles. The zero-order valence-corrected chi connectivity index (χ0v) is 43.8. The van der Waals surface area contributed by atoms with Crippen molar-refractivity contribution in [2.24, 2.45) is 17.3 Å². The summed E-state index contributed by atoms with van der Waals surface area (Å²) in [6, 6.07) is 14.2. The SMILES string of the molecule is C=CC(=O)N1CC[C@H](C(=O)N(C)[C@H](C(=O)NC2Cc3cccc(c3)-c3ccc4c(c3)c(c(-c3cc(N5CCN(C)CC5)cnc3[C@H](C)OC)n4CC)CC(C)(C)COC(=O)[C@@H]3CCCN(N3)C2=O)C(C)C)C1. The third kappa shape index (κ3) is 11.0. The first-order valence-corrected chi connectivity index (χ1v) is 25.8. The maximum atomic E-state index is 14.8. The van der Waals surface area contributed by atoms with Gasteiger partial charge in [-0.15, -0.1) is 0 Å². The lowest BCUT2D eigenvalue weighted by Crippen LogP contribution is -2.62. The molecule has 0 radical (unpaired) electrons. The summed E-state index contributed by atoms with van der Waals surface area (Å²) in [5, 5.41) is 5.61. The number of hydrogen-bond donors (Lipinski definition) is 2. The lowest BCUT2D eigenvalue weighted by Gasteiger charge is -2.37. The molecule has 72 heavy (non-hydrogen) atoms. The summed E-state index contributed by atoms with van der Waals surface area (Å²) in [7, 11) is 5.49. The van der Waals surface area contributed by atoms with Crippen LogP contribution in [-0.2, 0) is 52.8 Å². The number of aromatic nitrogens is 2. The number of anilines is 1. The van der Waals surface area contributed by atoms with Crippen molar-refractivity contribution in [1.82, 2.24) is 40.0 Å². The molecule has 386 valence electrons. The quantitative estimate of drug-likeness (QED) is 0.134. The molecular weight excluding hydrogens is 911 g/mol. The lowest BCUT2D eigenvalue weighted by atomic mass is 9.84. The average molecular weight is 986 g/mol. The molecule has 0 aliphatic carbocycles. The van der Waals surface area contributed by atoms with E-state index in [4.69, 9.17) is 14.5 Å². The van der Waals surface area contributed by atoms with Gasteiger partial charge in [-0.05, 0) is 99.0 Å². The second kappa shape index (κ2) is 21.9. The smallest absolute Gasteiger partial charge is 0.324 e. The fraction of sp³-hybridized carbons (Fsp3) is 0.536. The summed E-state index contributed by atoms with van der Waals surface area (Å²) < 4.78 is 14.6. The molecule has 4 aromatic rings. The Morgan fingerprint density at radius 2 is 1.76 bits per heavy atom. The van der Waals surface area contributed by atoms with E-state index in [2.05, 4.69) is 95.9 Å². The van der Waals surface area contributed by atoms with E-state index in [0.29, 0.717) is 45.3 Å². The van der Waals surface area contributed by atoms with E-state index >= 15 is 0 Å². The van der Waals surface area contributed by atoms with Gasteiger partial charge in [-0.3, -0.25) is 34.0 Å². The van der Waals surface area contributed by atoms with Gasteiger partial charge >= 0.3 is 5.97 Å². The number of pyridine rings is 1. The highest BCUT2D eigenvalue weighted by Gasteiger charge is 2.40. The minimum absolute atomic E-state index is 0.129. The van der Waals surface area contributed by atoms with Crippen molar-refractivity contribution >= 4 is 46.2 Å². The normalized spacial score (nSPS) is 21.8. The van der Waals surface area contributed by atoms with Gasteiger partial charge in [0, 0.05) is 94.8 Å². The van der Waals surface area contributed by atoms with E-state index in [1.807, 2.05) is 39.1 Å². The highest BCUT2D eigenvalue weighted by atomic mass is 16.5. The predicted octanol–water partition coefficient (Wildman–Crippen LogP) is 6.02. The lowest BCUT2D eigenvalue weighted by molar-refractivity contribution is -0.155. The van der Waals surface area contributed by atoms with Crippen molar-refractivity contribution < 1.29 is 33.4 Å². The second-order valence-corrected chi connectivity index (χ2v) is 21.4. The van der Waals surface area contributed by atoms with E-state index in [1.165, 1.54) is 16.0 Å². The Balaban J connectivity index is 1.20. The number of esters is 1. The third-order valence-electron chi connectivity index (χ3n) is 15.3. The van der Waals surface area contributed by atoms with Crippen LogP contribution < -0.4 is 15.6 Å². The number of fused-ring (bicyclic) bond motifs is 6. The van der Waals surface area contributed by atoms with E-state index < -0.39 is 47.2 Å². The van der Waals surface area contributed by atoms with Crippen LogP contribution in [0.2, 0.25) is 0 Å². The molecule has 3 fully saturated rings. The van der Waals surface area contributed by atoms with Gasteiger partial charge in [-0.25, -0.2) is 5.43 Å². The fourth-order valence-corrected chi connectivity index (χ4v) is 11.2. The number of hydrogen-bond acceptors (Lipinski definition) is 11. The van der Waals surface area contributed by atoms with Gasteiger partial charge in [-0.1, -0.05) is 64.6 Å². The molecule has 6 heterocycles. The molecule has 2 aromatic carbocycles. The van der Waals surface area contributed by atoms with Crippen LogP contribution in [0, 0.1) is 17.3 Å². The zero-order chi connectivity index (χ0) is 51.6. The van der Waals surface area contributed by atoms with Crippen molar-refractivity contribution in [2.75, 3.05) is 78.5 Å². The first-order valence-electron chi connectivity index (χ1n) is 25.8. The number of likely N-dealkylation sites (tertiary alicyclic amines) is 1. The second-order valence-electron chi connectivity index (χ2n) is 21.4. The number of cyclic esters (lactones) is 1. The largest absolute Gasteiger partial charge is 0.464 e. The minimum Gasteiger partial charge on any atom is -0.464 e. The van der Waals surface area contributed by atoms with Gasteiger partial charge in [0.05, 0.1) is 41.9 Å². The van der Waals surface area contributed by atoms with Crippen molar-refractivity contribution in [3.05, 3.63) is 84.2 Å². The predicted molar refractivity (Wildman–Crippen MR) is 280 cm³/mol. The molecule has 6 bridgehead atoms. The zero-order valence-electron chi connectivity index (χ0n) is 43.8. The molecule has 4 aliphatic rings. The number of rotatable bonds is 11. The van der Waals surface area contributed by atoms with Crippen molar-refractivity contribution in [2.45, 2.75) is 104 Å². The van der Waals surface area contributed by atoms with E-state index in [-0.39, 0.29) is 43.4 Å². The van der Waals surface area contributed by atoms with Crippen molar-refractivity contribution in [3.8, 4) is 22.4 Å². The van der Waals surface area contributed by atoms with E-state index in [9.17, 15) is 24.0 Å². The summed E-state index contributed by atoms with van der Waals surface area (Å²) in [5.74, 6) is -2.57. The number of likely N-dealkylation sites (N-methyl/N-ethyl adjacent to an activating group) is 2. The molecule has 16 nitrogen and oxygen atoms in total. The van der Waals surface area contributed by atoms with E-state index in [1.54, 1.807) is 19.1 Å². The number of methoxy groups -OCH3 is 1. The molecule has 1 unspecified atom stereocenters. The van der Waals surface area contributed by atoms with Crippen molar-refractivity contribution in [1.29, 1.82) is 0 Å². The van der Waals surface area contributed by atoms with Crippen LogP contribution in [-0.4, -0.2) is 151 Å². The topological polar surface area (TPSA) is 162 Å². The maximum absolute atomic E-state index is 14.8. The van der Waals surface area contributed by atoms with Crippen LogP contribution in [0.25, 0.3) is 33.3 Å². The molecule has 5 atom stereocenters. The number of carbonyl (C=O) groups excluding carboxylic acids is 5. The van der Waals surface area contributed by atoms with Crippen LogP contribution in [0.3, 0.4) is 0 Å². The number of benzene rings is 2. The van der Waals surface area contributed by atoms with Crippen LogP contribution in [0.5, 0.6) is 0 Å². The highest BCUT2D eigenvalue weighted by molar-refractivity contribution is 5.96. The highest BCUT2D eigenvalue weighted by Crippen LogP contribution is 2.43. The average Bonchev–Trinajstić information content (AvgIpc) is 3.99. The summed E-state index contributed by atoms with van der Waals surface area (Å²) in [5.41, 5.74) is 11.6. The Bertz CT molecular complexity index is 2690. The van der Waals surface area contributed by atoms with E-state index in [0.717, 1.165) is 82.0 Å². The van der Waals surface area contributed by atoms with Gasteiger partial charge < -0.3 is 39.0 Å². The number of piperazine rings is 1. The van der Waals surface area contributed by atoms with Crippen LogP contribution in [0.15, 0.2) is 67.4 Å². The molecule has 8 rings (SSSR count). The van der Waals surface area contributed by atoms with Crippen molar-refractivity contribution in [3.63, 3.8) is 0 Å². The van der Waals surface area contributed by atoms with Crippen LogP contribution >= 0.6 is 0 Å². The summed E-state index contributed by atoms with van der Waals surface area (Å²) in [6.07, 6.45) is 5.15. The van der Waals surface area contributed by atoms with Gasteiger partial charge in [0.2, 0.25) is 17.7 Å². The first kappa shape index (κ1) is 52.2. The minimum atomic E-state index is -1.06. The summed E-state index contributed by atoms with van der Waals surface area (Å²) in [4.78, 5) is 82.8. The fourth-order valence-electron chi connectivity index (χ4n) is 11.2. The maximum Gasteiger partial charge on any atom is 0.324 e. The number of ether oxygens (including phenoxy) is 2. The number of aryl methyl sites for hydroxylation is 1. The molecule has 0 spiro atoms. The third-order valence-corrected chi connectivity index (χ3v) is 15.3. The molecule has 16 heteroatoms. The molecule has 2 aromatic heterocycles. The number of nitrogens with one attached hydrogen (secondary N) is 2. The monoisotopic (exact) mass is 986 g/mol. The van der Waals surface area contributed by atoms with Gasteiger partial charge in [0.1, 0.15) is 18.1 Å². The number of carbonyl (C=O) groups is 5. The standard InChI is InChI=1S/C56H75N9O7/c1-11-48(66)63-22-20-40(33-63)53(68)61(9)50(35(3)4)52(67)58-46-28-37-15-13-16-38(27-37)39-18-19-47-42(29-39)44(31-56(6,7)34-72-55(70)45-17-14-21-65(59-45)54(46)69)51(64(47)12-2)43-30-41(32-57-49(43)36(5)71-10)62-25-23-60(8)24-26-62/h11,13,15-16,18-19,27,29-30,32,35-36,40,45-46,50,59H,1,12,14,17,20-26,28,31,33-34H2,2-10H3,(H,58,67)/t36-,40-,45-,46?,50-/m0/s1. The molecule has 4 aliphatic heterocycles. The van der Waals surface area contributed by atoms with Gasteiger partial charge in [-0.2, -0.15) is 0 Å². The Labute approximate surface area is 425 Å². The van der Waals surface area contributed by atoms with Crippen LogP contribution in [0.4, 0.5) is 5.69 Å². The molecular formula is C56H75N9O7. The molecule has 4 amide bonds. The van der Waals surface area contributed by atoms with Crippen LogP contribution in [0.1, 0.15) is 83.7 Å². The Hall–Kier alpha value is -6.10. The van der Waals surface area contributed by atoms with Gasteiger partial charge in [0.15, 0.2) is 0 Å². The number of amides is 4. The first-order chi connectivity index (χ1) is 34.4. The Kier molecular flexibility index (Phi) is 15.9. The summed E-state index contributed by atoms with van der Waals surface area (Å²) >= 11 is 0. The summed E-state index contributed by atoms with van der Waals surface area (Å²) in [6.45, 7) is 21.3. The number of nitrogens with zero attached hydrogens (tertiary/aromatic N) is 7. The Morgan fingerprint density at radius 1 is 1.01 bits per heavy atom. The molecule has 0 saturated carbocycles. The van der Waals surface area contributed by atoms with Gasteiger partial charge in [0.25, 0.3) is 5.91 Å².